The second kappa shape index (κ2) is 5.59. The predicted octanol–water partition coefficient (Wildman–Crippen LogP) is 4.26. The van der Waals surface area contributed by atoms with Crippen molar-refractivity contribution in [2.24, 2.45) is 4.99 Å². The molecule has 124 valence electrons. The summed E-state index contributed by atoms with van der Waals surface area (Å²) in [6, 6.07) is 16.6. The lowest BCUT2D eigenvalue weighted by Gasteiger charge is -2.17. The summed E-state index contributed by atoms with van der Waals surface area (Å²) in [7, 11) is 1.80. The van der Waals surface area contributed by atoms with E-state index in [9.17, 15) is 0 Å². The van der Waals surface area contributed by atoms with E-state index >= 15 is 0 Å². The van der Waals surface area contributed by atoms with Gasteiger partial charge in [-0.1, -0.05) is 12.1 Å². The zero-order chi connectivity index (χ0) is 16.8. The van der Waals surface area contributed by atoms with Crippen LogP contribution in [0, 0.1) is 0 Å². The lowest BCUT2D eigenvalue weighted by Crippen LogP contribution is -2.17. The summed E-state index contributed by atoms with van der Waals surface area (Å²) in [6.07, 6.45) is 2.53. The molecule has 1 saturated heterocycles. The number of hydrogen-bond donors (Lipinski definition) is 0. The Bertz CT molecular complexity index is 1170. The second-order valence-electron chi connectivity index (χ2n) is 6.60. The third-order valence-corrected chi connectivity index (χ3v) is 5.06. The molecule has 3 aromatic carbocycles. The number of hydrogen-bond acceptors (Lipinski definition) is 4. The van der Waals surface area contributed by atoms with E-state index in [0.29, 0.717) is 0 Å². The highest BCUT2D eigenvalue weighted by molar-refractivity contribution is 6.04. The van der Waals surface area contributed by atoms with Gasteiger partial charge in [-0.05, 0) is 48.6 Å². The molecule has 1 fully saturated rings. The van der Waals surface area contributed by atoms with Crippen LogP contribution in [0.5, 0.6) is 0 Å². The molecule has 0 bridgehead atoms. The molecule has 1 aliphatic heterocycles. The molecule has 25 heavy (non-hydrogen) atoms. The van der Waals surface area contributed by atoms with Gasteiger partial charge in [-0.3, -0.25) is 4.99 Å². The molecule has 0 radical (unpaired) electrons. The third kappa shape index (κ3) is 2.37. The van der Waals surface area contributed by atoms with Gasteiger partial charge in [0.15, 0.2) is 11.2 Å². The first-order valence-electron chi connectivity index (χ1n) is 8.77. The molecule has 0 spiro atoms. The Morgan fingerprint density at radius 1 is 0.960 bits per heavy atom. The van der Waals surface area contributed by atoms with E-state index < -0.39 is 0 Å². The number of aromatic nitrogens is 1. The van der Waals surface area contributed by atoms with Crippen LogP contribution < -0.4 is 10.3 Å². The first-order valence-corrected chi connectivity index (χ1v) is 8.77. The van der Waals surface area contributed by atoms with Crippen LogP contribution in [0.25, 0.3) is 33.0 Å². The third-order valence-electron chi connectivity index (χ3n) is 5.06. The van der Waals surface area contributed by atoms with Crippen LogP contribution in [0.3, 0.4) is 0 Å². The highest BCUT2D eigenvalue weighted by Gasteiger charge is 2.14. The van der Waals surface area contributed by atoms with Crippen LogP contribution in [-0.4, -0.2) is 25.1 Å². The molecule has 1 aliphatic rings. The quantitative estimate of drug-likeness (QED) is 0.387. The topological polar surface area (TPSA) is 41.6 Å². The maximum Gasteiger partial charge on any atom is 0.155 e. The molecule has 0 atom stereocenters. The van der Waals surface area contributed by atoms with Crippen molar-refractivity contribution >= 4 is 38.7 Å². The second-order valence-corrected chi connectivity index (χ2v) is 6.60. The minimum absolute atomic E-state index is 0.812. The van der Waals surface area contributed by atoms with Gasteiger partial charge in [0.1, 0.15) is 11.0 Å². The minimum atomic E-state index is 0.812. The molecule has 0 aliphatic carbocycles. The van der Waals surface area contributed by atoms with Crippen LogP contribution in [0.2, 0.25) is 0 Å². The van der Waals surface area contributed by atoms with Crippen molar-refractivity contribution in [3.63, 3.8) is 0 Å². The molecule has 4 nitrogen and oxygen atoms in total. The molecule has 4 heteroatoms. The van der Waals surface area contributed by atoms with Gasteiger partial charge in [-0.2, -0.15) is 0 Å². The van der Waals surface area contributed by atoms with E-state index in [1.165, 1.54) is 18.5 Å². The van der Waals surface area contributed by atoms with Gasteiger partial charge >= 0.3 is 0 Å². The molecular formula is C21H19N3O. The smallest absolute Gasteiger partial charge is 0.155 e. The van der Waals surface area contributed by atoms with Crippen molar-refractivity contribution < 1.29 is 4.42 Å². The summed E-state index contributed by atoms with van der Waals surface area (Å²) in [5.41, 5.74) is 4.66. The molecule has 1 aromatic heterocycles. The van der Waals surface area contributed by atoms with E-state index in [1.807, 2.05) is 12.1 Å². The van der Waals surface area contributed by atoms with Crippen molar-refractivity contribution in [2.45, 2.75) is 12.8 Å². The van der Waals surface area contributed by atoms with Crippen LogP contribution in [0.1, 0.15) is 12.8 Å². The predicted molar refractivity (Wildman–Crippen MR) is 102 cm³/mol. The summed E-state index contributed by atoms with van der Waals surface area (Å²) in [6.45, 7) is 2.25. The van der Waals surface area contributed by atoms with Crippen LogP contribution >= 0.6 is 0 Å². The zero-order valence-corrected chi connectivity index (χ0v) is 14.2. The molecule has 0 unspecified atom stereocenters. The standard InChI is InChI=1S/C21H19N3O/c1-22-15-6-4-14-5-9-19-21(17(14)12-15)23-18-8-7-16(13-20(18)25-19)24-10-2-3-11-24/h4-9,12-13H,2-3,10-11H2,1H3. The molecular weight excluding hydrogens is 310 g/mol. The number of benzene rings is 3. The number of rotatable bonds is 1. The summed E-state index contributed by atoms with van der Waals surface area (Å²) in [5, 5.41) is 3.18. The highest BCUT2D eigenvalue weighted by atomic mass is 16.3. The molecule has 0 amide bonds. The van der Waals surface area contributed by atoms with E-state index in [1.54, 1.807) is 7.05 Å². The van der Waals surface area contributed by atoms with Crippen molar-refractivity contribution in [3.05, 3.63) is 53.9 Å². The van der Waals surface area contributed by atoms with Gasteiger partial charge in [0.2, 0.25) is 0 Å². The van der Waals surface area contributed by atoms with Crippen molar-refractivity contribution in [1.82, 2.24) is 4.98 Å². The van der Waals surface area contributed by atoms with E-state index in [2.05, 4.69) is 46.3 Å². The molecule has 4 aromatic rings. The maximum absolute atomic E-state index is 6.21. The van der Waals surface area contributed by atoms with Gasteiger partial charge in [0.05, 0.1) is 5.36 Å². The fraction of sp³-hybridized carbons (Fsp3) is 0.238. The fourth-order valence-electron chi connectivity index (χ4n) is 3.70. The first kappa shape index (κ1) is 14.5. The first-order chi connectivity index (χ1) is 12.3. The van der Waals surface area contributed by atoms with E-state index in [0.717, 1.165) is 51.4 Å². The Balaban J connectivity index is 1.77. The SMILES string of the molecule is CN=c1ccc2ccc3oc4cc(N5CCCC5)ccc4nc3c2c1. The number of anilines is 1. The molecule has 5 rings (SSSR count). The summed E-state index contributed by atoms with van der Waals surface area (Å²) >= 11 is 0. The van der Waals surface area contributed by atoms with Gasteiger partial charge < -0.3 is 9.32 Å². The van der Waals surface area contributed by atoms with Crippen molar-refractivity contribution in [2.75, 3.05) is 25.0 Å². The Morgan fingerprint density at radius 2 is 1.80 bits per heavy atom. The van der Waals surface area contributed by atoms with Gasteiger partial charge in [-0.25, -0.2) is 4.98 Å². The van der Waals surface area contributed by atoms with Crippen LogP contribution in [0.4, 0.5) is 5.69 Å². The summed E-state index contributed by atoms with van der Waals surface area (Å²) in [4.78, 5) is 11.6. The van der Waals surface area contributed by atoms with E-state index in [-0.39, 0.29) is 0 Å². The van der Waals surface area contributed by atoms with Crippen molar-refractivity contribution in [3.8, 4) is 0 Å². The Hall–Kier alpha value is -2.88. The monoisotopic (exact) mass is 329 g/mol. The van der Waals surface area contributed by atoms with E-state index in [4.69, 9.17) is 9.40 Å². The Kier molecular flexibility index (Phi) is 3.23. The lowest BCUT2D eigenvalue weighted by molar-refractivity contribution is 0.657. The molecule has 2 heterocycles. The normalized spacial score (nSPS) is 15.7. The molecule has 0 N–H and O–H groups in total. The minimum Gasteiger partial charge on any atom is -0.453 e. The van der Waals surface area contributed by atoms with Gasteiger partial charge in [0.25, 0.3) is 0 Å². The van der Waals surface area contributed by atoms with Crippen molar-refractivity contribution in [1.29, 1.82) is 0 Å². The van der Waals surface area contributed by atoms with Crippen LogP contribution in [-0.2, 0) is 0 Å². The Morgan fingerprint density at radius 3 is 2.64 bits per heavy atom. The Labute approximate surface area is 145 Å². The van der Waals surface area contributed by atoms with Gasteiger partial charge in [0, 0.05) is 37.3 Å². The average Bonchev–Trinajstić information content (AvgIpc) is 3.20. The van der Waals surface area contributed by atoms with Gasteiger partial charge in [-0.15, -0.1) is 0 Å². The lowest BCUT2D eigenvalue weighted by atomic mass is 10.1. The zero-order valence-electron chi connectivity index (χ0n) is 14.2. The molecule has 0 saturated carbocycles. The fourth-order valence-corrected chi connectivity index (χ4v) is 3.70. The maximum atomic E-state index is 6.21. The summed E-state index contributed by atoms with van der Waals surface area (Å²) in [5.74, 6) is 0. The largest absolute Gasteiger partial charge is 0.453 e. The number of fused-ring (bicyclic) bond motifs is 4. The van der Waals surface area contributed by atoms with Crippen LogP contribution in [0.15, 0.2) is 57.9 Å². The highest BCUT2D eigenvalue weighted by Crippen LogP contribution is 2.29. The summed E-state index contributed by atoms with van der Waals surface area (Å²) < 4.78 is 6.21. The number of nitrogens with zero attached hydrogens (tertiary/aromatic N) is 3. The average molecular weight is 329 g/mol.